The number of aryl methyl sites for hydroxylation is 1. The van der Waals surface area contributed by atoms with Gasteiger partial charge in [-0.1, -0.05) is 17.9 Å². The zero-order valence-electron chi connectivity index (χ0n) is 27.7. The Morgan fingerprint density at radius 3 is 1.85 bits per heavy atom. The van der Waals surface area contributed by atoms with Crippen molar-refractivity contribution in [3.8, 4) is 29.4 Å². The second kappa shape index (κ2) is 27.7. The molecule has 0 aliphatic rings. The Kier molecular flexibility index (Phi) is 23.5. The summed E-state index contributed by atoms with van der Waals surface area (Å²) in [5.74, 6) is 3.48. The molecule has 1 aromatic carbocycles. The van der Waals surface area contributed by atoms with E-state index in [9.17, 15) is 4.79 Å². The highest BCUT2D eigenvalue weighted by molar-refractivity contribution is 5.69. The Bertz CT molecular complexity index is 1110. The average molecular weight is 663 g/mol. The van der Waals surface area contributed by atoms with Gasteiger partial charge in [-0.3, -0.25) is 10.5 Å². The number of unbranched alkanes of at least 4 members (excludes halogenated alkanes) is 1. The maximum absolute atomic E-state index is 11.7. The Morgan fingerprint density at radius 1 is 0.745 bits per heavy atom. The van der Waals surface area contributed by atoms with Crippen molar-refractivity contribution in [1.82, 2.24) is 5.10 Å². The number of carbonyl (C=O) groups is 1. The molecule has 0 saturated carbocycles. The van der Waals surface area contributed by atoms with Gasteiger partial charge in [0.2, 0.25) is 0 Å². The standard InChI is InChI=1S/C34H51N3O10/c1-3-15-39-17-18-40-19-20-41-21-22-42-23-24-43-25-26-44-27-28-45-29-47-31-10-8-30(9-11-31)32-12-13-33(35)37(36-32)14-6-5-7-34(38)46-16-4-2/h1,8-13,35H,4-7,14-29H2,2H3/p+1. The number of rotatable bonds is 30. The van der Waals surface area contributed by atoms with Crippen molar-refractivity contribution in [1.29, 1.82) is 0 Å². The minimum atomic E-state index is -0.162. The summed E-state index contributed by atoms with van der Waals surface area (Å²) in [6.45, 7) is 9.21. The van der Waals surface area contributed by atoms with Gasteiger partial charge >= 0.3 is 5.97 Å². The number of benzene rings is 1. The predicted octanol–water partition coefficient (Wildman–Crippen LogP) is 2.83. The molecule has 0 aliphatic carbocycles. The fraction of sp³-hybridized carbons (Fsp3) is 0.618. The maximum Gasteiger partial charge on any atom is 0.305 e. The molecular formula is C34H52N3O10+. The summed E-state index contributed by atoms with van der Waals surface area (Å²) in [5.41, 5.74) is 7.84. The van der Waals surface area contributed by atoms with E-state index < -0.39 is 0 Å². The normalized spacial score (nSPS) is 11.0. The van der Waals surface area contributed by atoms with Crippen LogP contribution in [-0.2, 0) is 49.2 Å². The Hall–Kier alpha value is -3.35. The highest BCUT2D eigenvalue weighted by atomic mass is 16.7. The minimum absolute atomic E-state index is 0.113. The second-order valence-electron chi connectivity index (χ2n) is 10.1. The van der Waals surface area contributed by atoms with E-state index in [1.54, 1.807) is 4.68 Å². The van der Waals surface area contributed by atoms with Crippen LogP contribution in [0.1, 0.15) is 32.6 Å². The van der Waals surface area contributed by atoms with E-state index >= 15 is 0 Å². The van der Waals surface area contributed by atoms with E-state index in [1.165, 1.54) is 0 Å². The van der Waals surface area contributed by atoms with E-state index in [0.29, 0.717) is 123 Å². The zero-order valence-corrected chi connectivity index (χ0v) is 27.7. The first-order valence-electron chi connectivity index (χ1n) is 16.2. The fourth-order valence-electron chi connectivity index (χ4n) is 3.86. The van der Waals surface area contributed by atoms with Gasteiger partial charge in [0, 0.05) is 18.1 Å². The number of nitrogens with zero attached hydrogens (tertiary/aromatic N) is 2. The van der Waals surface area contributed by atoms with E-state index in [1.807, 2.05) is 43.3 Å². The van der Waals surface area contributed by atoms with Crippen molar-refractivity contribution in [3.05, 3.63) is 36.4 Å². The molecule has 0 unspecified atom stereocenters. The lowest BCUT2D eigenvalue weighted by Crippen LogP contribution is -2.41. The van der Waals surface area contributed by atoms with Gasteiger partial charge in [-0.05, 0) is 49.6 Å². The third kappa shape index (κ3) is 20.5. The van der Waals surface area contributed by atoms with Crippen LogP contribution in [0.2, 0.25) is 0 Å². The molecule has 2 aromatic rings. The van der Waals surface area contributed by atoms with Crippen LogP contribution in [0.5, 0.6) is 5.75 Å². The highest BCUT2D eigenvalue weighted by Gasteiger charge is 2.11. The number of hydrogen-bond acceptors (Lipinski definition) is 12. The van der Waals surface area contributed by atoms with Crippen molar-refractivity contribution in [2.24, 2.45) is 0 Å². The van der Waals surface area contributed by atoms with Crippen molar-refractivity contribution >= 4 is 11.8 Å². The van der Waals surface area contributed by atoms with Crippen LogP contribution in [-0.4, -0.2) is 110 Å². The first-order valence-corrected chi connectivity index (χ1v) is 16.2. The number of carbonyl (C=O) groups excluding carboxylic acids is 1. The quantitative estimate of drug-likeness (QED) is 0.0432. The Morgan fingerprint density at radius 2 is 1.30 bits per heavy atom. The van der Waals surface area contributed by atoms with Crippen molar-refractivity contribution in [2.75, 3.05) is 105 Å². The lowest BCUT2D eigenvalue weighted by Gasteiger charge is -2.09. The number of aromatic nitrogens is 2. The highest BCUT2D eigenvalue weighted by Crippen LogP contribution is 2.20. The number of esters is 1. The largest absolute Gasteiger partial charge is 0.468 e. The monoisotopic (exact) mass is 662 g/mol. The van der Waals surface area contributed by atoms with Crippen molar-refractivity contribution in [2.45, 2.75) is 39.2 Å². The van der Waals surface area contributed by atoms with Gasteiger partial charge in [-0.15, -0.1) is 11.1 Å². The molecule has 0 atom stereocenters. The minimum Gasteiger partial charge on any atom is -0.468 e. The van der Waals surface area contributed by atoms with Gasteiger partial charge in [-0.2, -0.15) is 0 Å². The number of hydrogen-bond donors (Lipinski definition) is 1. The number of anilines is 1. The van der Waals surface area contributed by atoms with Gasteiger partial charge in [0.05, 0.1) is 85.9 Å². The van der Waals surface area contributed by atoms with E-state index in [0.717, 1.165) is 24.1 Å². The van der Waals surface area contributed by atoms with Crippen LogP contribution in [0.3, 0.4) is 0 Å². The number of ether oxygens (including phenoxy) is 9. The summed E-state index contributed by atoms with van der Waals surface area (Å²) in [4.78, 5) is 11.7. The van der Waals surface area contributed by atoms with Crippen LogP contribution in [0.4, 0.5) is 5.82 Å². The molecule has 0 saturated heterocycles. The van der Waals surface area contributed by atoms with Crippen LogP contribution < -0.4 is 15.2 Å². The molecule has 47 heavy (non-hydrogen) atoms. The first kappa shape index (κ1) is 39.8. The van der Waals surface area contributed by atoms with E-state index in [-0.39, 0.29) is 12.8 Å². The summed E-state index contributed by atoms with van der Waals surface area (Å²) in [6, 6.07) is 11.3. The van der Waals surface area contributed by atoms with Gasteiger partial charge in [0.1, 0.15) is 24.6 Å². The molecule has 0 amide bonds. The van der Waals surface area contributed by atoms with Crippen LogP contribution in [0.15, 0.2) is 36.4 Å². The van der Waals surface area contributed by atoms with Crippen LogP contribution in [0, 0.1) is 12.3 Å². The smallest absolute Gasteiger partial charge is 0.305 e. The van der Waals surface area contributed by atoms with Gasteiger partial charge in [-0.25, -0.2) is 0 Å². The molecule has 0 bridgehead atoms. The third-order valence-electron chi connectivity index (χ3n) is 6.28. The molecule has 2 rings (SSSR count). The molecule has 1 heterocycles. The molecule has 13 nitrogen and oxygen atoms in total. The molecular weight excluding hydrogens is 610 g/mol. The number of nitrogens with two attached hydrogens (primary N) is 1. The fourth-order valence-corrected chi connectivity index (χ4v) is 3.86. The number of terminal acetylenes is 1. The molecule has 0 fully saturated rings. The molecule has 13 heteroatoms. The SMILES string of the molecule is C#CCOCCOCCOCCOCCOCCOCCOCOc1ccc(-c2ccc(N)[n+](CCCCC(=O)OCCC)n2)cc1. The lowest BCUT2D eigenvalue weighted by atomic mass is 10.1. The van der Waals surface area contributed by atoms with Crippen LogP contribution >= 0.6 is 0 Å². The molecule has 2 N–H and O–H groups in total. The summed E-state index contributed by atoms with van der Waals surface area (Å²) in [6.07, 6.45) is 7.80. The van der Waals surface area contributed by atoms with Gasteiger partial charge in [0.15, 0.2) is 6.79 Å². The molecule has 0 aliphatic heterocycles. The molecule has 0 radical (unpaired) electrons. The summed E-state index contributed by atoms with van der Waals surface area (Å²) in [7, 11) is 0. The van der Waals surface area contributed by atoms with E-state index in [2.05, 4.69) is 11.0 Å². The summed E-state index contributed by atoms with van der Waals surface area (Å²) in [5, 5.41) is 4.67. The molecule has 1 aromatic heterocycles. The van der Waals surface area contributed by atoms with Gasteiger partial charge < -0.3 is 42.6 Å². The Balaban J connectivity index is 1.43. The van der Waals surface area contributed by atoms with Crippen molar-refractivity contribution < 1.29 is 52.1 Å². The van der Waals surface area contributed by atoms with Crippen LogP contribution in [0.25, 0.3) is 11.3 Å². The maximum atomic E-state index is 11.7. The second-order valence-corrected chi connectivity index (χ2v) is 10.1. The average Bonchev–Trinajstić information content (AvgIpc) is 3.09. The lowest BCUT2D eigenvalue weighted by molar-refractivity contribution is -0.739. The van der Waals surface area contributed by atoms with Gasteiger partial charge in [0.25, 0.3) is 5.82 Å². The van der Waals surface area contributed by atoms with Crippen molar-refractivity contribution in [3.63, 3.8) is 0 Å². The Labute approximate surface area is 278 Å². The molecule has 262 valence electrons. The number of nitrogen functional groups attached to an aromatic ring is 1. The third-order valence-corrected chi connectivity index (χ3v) is 6.28. The first-order chi connectivity index (χ1) is 23.1. The topological polar surface area (TPSA) is 143 Å². The summed E-state index contributed by atoms with van der Waals surface area (Å²) >= 11 is 0. The predicted molar refractivity (Wildman–Crippen MR) is 175 cm³/mol. The molecule has 0 spiro atoms. The van der Waals surface area contributed by atoms with E-state index in [4.69, 9.17) is 54.8 Å². The zero-order chi connectivity index (χ0) is 33.6. The summed E-state index contributed by atoms with van der Waals surface area (Å²) < 4.78 is 50.3.